The number of hydrogen-bond donors (Lipinski definition) is 1. The number of nitrogens with zero attached hydrogens (tertiary/aromatic N) is 1. The Hall–Kier alpha value is -3.14. The average molecular weight is 389 g/mol. The van der Waals surface area contributed by atoms with E-state index in [9.17, 15) is 9.90 Å². The summed E-state index contributed by atoms with van der Waals surface area (Å²) in [6.07, 6.45) is 7.43. The number of benzene rings is 2. The molecule has 29 heavy (non-hydrogen) atoms. The molecule has 0 aliphatic rings. The van der Waals surface area contributed by atoms with Crippen LogP contribution in [-0.2, 0) is 24.2 Å². The van der Waals surface area contributed by atoms with Crippen molar-refractivity contribution in [2.45, 2.75) is 38.7 Å². The van der Waals surface area contributed by atoms with Crippen LogP contribution in [0, 0.1) is 5.92 Å². The standard InChI is InChI=1S/C25H27NO3/c27-25(28)23(8-4-7-20-5-2-1-3-6-20)12-9-21-10-13-24(14-11-21)29-19-22-15-17-26-18-16-22/h1-3,5-6,10-11,13-18,23H,4,7-9,12,19H2,(H,27,28). The summed E-state index contributed by atoms with van der Waals surface area (Å²) < 4.78 is 5.78. The van der Waals surface area contributed by atoms with E-state index in [1.807, 2.05) is 54.6 Å². The molecule has 0 amide bonds. The van der Waals surface area contributed by atoms with Gasteiger partial charge >= 0.3 is 5.97 Å². The zero-order chi connectivity index (χ0) is 20.3. The molecular weight excluding hydrogens is 362 g/mol. The molecule has 1 unspecified atom stereocenters. The van der Waals surface area contributed by atoms with E-state index in [0.717, 1.165) is 36.1 Å². The number of pyridine rings is 1. The lowest BCUT2D eigenvalue weighted by Gasteiger charge is -2.13. The van der Waals surface area contributed by atoms with Crippen molar-refractivity contribution in [2.75, 3.05) is 0 Å². The van der Waals surface area contributed by atoms with Crippen molar-refractivity contribution >= 4 is 5.97 Å². The summed E-state index contributed by atoms with van der Waals surface area (Å²) >= 11 is 0. The van der Waals surface area contributed by atoms with Crippen molar-refractivity contribution in [3.63, 3.8) is 0 Å². The van der Waals surface area contributed by atoms with Crippen LogP contribution >= 0.6 is 0 Å². The predicted octanol–water partition coefficient (Wildman–Crippen LogP) is 5.32. The van der Waals surface area contributed by atoms with Gasteiger partial charge in [-0.3, -0.25) is 9.78 Å². The monoisotopic (exact) mass is 389 g/mol. The van der Waals surface area contributed by atoms with Crippen LogP contribution < -0.4 is 4.74 Å². The zero-order valence-corrected chi connectivity index (χ0v) is 16.5. The van der Waals surface area contributed by atoms with E-state index < -0.39 is 5.97 Å². The Bertz CT molecular complexity index is 864. The minimum atomic E-state index is -0.699. The van der Waals surface area contributed by atoms with Gasteiger partial charge in [-0.1, -0.05) is 42.5 Å². The Morgan fingerprint density at radius 3 is 2.21 bits per heavy atom. The third kappa shape index (κ3) is 7.07. The topological polar surface area (TPSA) is 59.4 Å². The van der Waals surface area contributed by atoms with Crippen molar-refractivity contribution in [1.82, 2.24) is 4.98 Å². The van der Waals surface area contributed by atoms with Gasteiger partial charge in [0, 0.05) is 12.4 Å². The number of aromatic nitrogens is 1. The lowest BCUT2D eigenvalue weighted by molar-refractivity contribution is -0.142. The number of rotatable bonds is 11. The van der Waals surface area contributed by atoms with Crippen LogP contribution in [0.25, 0.3) is 0 Å². The van der Waals surface area contributed by atoms with Crippen LogP contribution in [0.5, 0.6) is 5.75 Å². The largest absolute Gasteiger partial charge is 0.489 e. The quantitative estimate of drug-likeness (QED) is 0.482. The lowest BCUT2D eigenvalue weighted by Crippen LogP contribution is -2.15. The van der Waals surface area contributed by atoms with Gasteiger partial charge in [-0.2, -0.15) is 0 Å². The van der Waals surface area contributed by atoms with Gasteiger partial charge in [-0.15, -0.1) is 0 Å². The maximum Gasteiger partial charge on any atom is 0.306 e. The maximum absolute atomic E-state index is 11.6. The van der Waals surface area contributed by atoms with Crippen LogP contribution in [0.1, 0.15) is 36.0 Å². The first kappa shape index (κ1) is 20.6. The second-order valence-corrected chi connectivity index (χ2v) is 7.24. The van der Waals surface area contributed by atoms with Crippen molar-refractivity contribution < 1.29 is 14.6 Å². The minimum absolute atomic E-state index is 0.304. The first-order valence-electron chi connectivity index (χ1n) is 10.1. The predicted molar refractivity (Wildman–Crippen MR) is 114 cm³/mol. The summed E-state index contributed by atoms with van der Waals surface area (Å²) in [5.74, 6) is -0.195. The summed E-state index contributed by atoms with van der Waals surface area (Å²) in [6.45, 7) is 0.504. The van der Waals surface area contributed by atoms with Crippen LogP contribution in [0.2, 0.25) is 0 Å². The van der Waals surface area contributed by atoms with Gasteiger partial charge in [0.2, 0.25) is 0 Å². The Morgan fingerprint density at radius 2 is 1.52 bits per heavy atom. The van der Waals surface area contributed by atoms with E-state index in [4.69, 9.17) is 4.74 Å². The lowest BCUT2D eigenvalue weighted by atomic mass is 9.93. The summed E-state index contributed by atoms with van der Waals surface area (Å²) in [6, 6.07) is 22.0. The molecule has 150 valence electrons. The highest BCUT2D eigenvalue weighted by Crippen LogP contribution is 2.20. The van der Waals surface area contributed by atoms with E-state index in [2.05, 4.69) is 17.1 Å². The van der Waals surface area contributed by atoms with Crippen molar-refractivity contribution in [2.24, 2.45) is 5.92 Å². The Kier molecular flexibility index (Phi) is 7.81. The minimum Gasteiger partial charge on any atom is -0.489 e. The Morgan fingerprint density at radius 1 is 0.828 bits per heavy atom. The molecule has 0 bridgehead atoms. The van der Waals surface area contributed by atoms with Crippen LogP contribution in [-0.4, -0.2) is 16.1 Å². The maximum atomic E-state index is 11.6. The SMILES string of the molecule is O=C(O)C(CCCc1ccccc1)CCc1ccc(OCc2ccncc2)cc1. The van der Waals surface area contributed by atoms with Gasteiger partial charge in [-0.05, 0) is 73.1 Å². The molecule has 2 aromatic carbocycles. The van der Waals surface area contributed by atoms with E-state index in [0.29, 0.717) is 19.4 Å². The highest BCUT2D eigenvalue weighted by Gasteiger charge is 2.17. The van der Waals surface area contributed by atoms with Gasteiger partial charge < -0.3 is 9.84 Å². The van der Waals surface area contributed by atoms with Crippen LogP contribution in [0.4, 0.5) is 0 Å². The molecule has 1 atom stereocenters. The molecule has 0 spiro atoms. The molecule has 0 saturated carbocycles. The van der Waals surface area contributed by atoms with Gasteiger partial charge in [0.1, 0.15) is 12.4 Å². The molecule has 0 aliphatic heterocycles. The summed E-state index contributed by atoms with van der Waals surface area (Å²) in [7, 11) is 0. The Labute approximate surface area is 172 Å². The van der Waals surface area contributed by atoms with E-state index in [1.165, 1.54) is 5.56 Å². The number of aliphatic carboxylic acids is 1. The molecule has 4 heteroatoms. The number of carboxylic acid groups (broad SMARTS) is 1. The number of hydrogen-bond acceptors (Lipinski definition) is 3. The molecule has 3 aromatic rings. The second-order valence-electron chi connectivity index (χ2n) is 7.24. The van der Waals surface area contributed by atoms with Gasteiger partial charge in [-0.25, -0.2) is 0 Å². The van der Waals surface area contributed by atoms with Gasteiger partial charge in [0.25, 0.3) is 0 Å². The summed E-state index contributed by atoms with van der Waals surface area (Å²) in [4.78, 5) is 15.6. The summed E-state index contributed by atoms with van der Waals surface area (Å²) in [5.41, 5.74) is 3.47. The van der Waals surface area contributed by atoms with Crippen molar-refractivity contribution in [1.29, 1.82) is 0 Å². The molecule has 4 nitrogen and oxygen atoms in total. The molecule has 0 saturated heterocycles. The summed E-state index contributed by atoms with van der Waals surface area (Å²) in [5, 5.41) is 9.55. The van der Waals surface area contributed by atoms with Gasteiger partial charge in [0.15, 0.2) is 0 Å². The fraction of sp³-hybridized carbons (Fsp3) is 0.280. The van der Waals surface area contributed by atoms with Crippen LogP contribution in [0.3, 0.4) is 0 Å². The fourth-order valence-corrected chi connectivity index (χ4v) is 3.33. The first-order chi connectivity index (χ1) is 14.2. The molecule has 0 fully saturated rings. The van der Waals surface area contributed by atoms with E-state index in [1.54, 1.807) is 12.4 Å². The third-order valence-electron chi connectivity index (χ3n) is 5.07. The van der Waals surface area contributed by atoms with E-state index in [-0.39, 0.29) is 5.92 Å². The third-order valence-corrected chi connectivity index (χ3v) is 5.07. The highest BCUT2D eigenvalue weighted by atomic mass is 16.5. The normalized spacial score (nSPS) is 11.7. The molecule has 1 heterocycles. The fourth-order valence-electron chi connectivity index (χ4n) is 3.33. The highest BCUT2D eigenvalue weighted by molar-refractivity contribution is 5.69. The van der Waals surface area contributed by atoms with Gasteiger partial charge in [0.05, 0.1) is 5.92 Å². The van der Waals surface area contributed by atoms with E-state index >= 15 is 0 Å². The first-order valence-corrected chi connectivity index (χ1v) is 10.1. The van der Waals surface area contributed by atoms with Crippen molar-refractivity contribution in [3.05, 3.63) is 95.8 Å². The zero-order valence-electron chi connectivity index (χ0n) is 16.5. The Balaban J connectivity index is 1.43. The molecule has 1 N–H and O–H groups in total. The van der Waals surface area contributed by atoms with Crippen LogP contribution in [0.15, 0.2) is 79.1 Å². The number of aryl methyl sites for hydroxylation is 2. The molecule has 1 aromatic heterocycles. The molecule has 3 rings (SSSR count). The molecule has 0 aliphatic carbocycles. The number of carbonyl (C=O) groups is 1. The number of ether oxygens (including phenoxy) is 1. The second kappa shape index (κ2) is 11.0. The average Bonchev–Trinajstić information content (AvgIpc) is 2.76. The van der Waals surface area contributed by atoms with Crippen molar-refractivity contribution in [3.8, 4) is 5.75 Å². The smallest absolute Gasteiger partial charge is 0.306 e. The number of carboxylic acids is 1. The molecule has 0 radical (unpaired) electrons. The molecular formula is C25H27NO3.